The smallest absolute Gasteiger partial charge is 0.147 e. The number of ether oxygens (including phenoxy) is 1. The maximum absolute atomic E-state index is 14.2. The van der Waals surface area contributed by atoms with Gasteiger partial charge in [0.15, 0.2) is 0 Å². The number of aromatic nitrogens is 1. The van der Waals surface area contributed by atoms with Gasteiger partial charge in [0.1, 0.15) is 11.6 Å². The summed E-state index contributed by atoms with van der Waals surface area (Å²) in [5.74, 6) is 0.109. The molecule has 1 aliphatic carbocycles. The Bertz CT molecular complexity index is 713. The summed E-state index contributed by atoms with van der Waals surface area (Å²) in [6.07, 6.45) is 0.941. The Labute approximate surface area is 116 Å². The summed E-state index contributed by atoms with van der Waals surface area (Å²) in [6, 6.07) is 5.23. The third-order valence-corrected chi connectivity index (χ3v) is 4.21. The van der Waals surface area contributed by atoms with Crippen molar-refractivity contribution in [3.63, 3.8) is 0 Å². The number of fused-ring (bicyclic) bond motifs is 1. The highest BCUT2D eigenvalue weighted by Crippen LogP contribution is 2.59. The van der Waals surface area contributed by atoms with E-state index in [4.69, 9.17) is 4.74 Å². The van der Waals surface area contributed by atoms with Crippen molar-refractivity contribution in [3.05, 3.63) is 47.9 Å². The number of hydrogen-bond donors (Lipinski definition) is 1. The summed E-state index contributed by atoms with van der Waals surface area (Å²) >= 11 is 0. The molecule has 0 amide bonds. The Balaban J connectivity index is 2.22. The number of pyridine rings is 1. The minimum atomic E-state index is -0.924. The second-order valence-corrected chi connectivity index (χ2v) is 5.50. The van der Waals surface area contributed by atoms with Gasteiger partial charge in [0.25, 0.3) is 0 Å². The number of aliphatic hydroxyl groups excluding tert-OH is 1. The van der Waals surface area contributed by atoms with Gasteiger partial charge in [0.05, 0.1) is 24.9 Å². The van der Waals surface area contributed by atoms with E-state index in [1.165, 1.54) is 0 Å². The van der Waals surface area contributed by atoms with Crippen molar-refractivity contribution < 1.29 is 14.2 Å². The molecule has 1 heterocycles. The number of methoxy groups -OCH3 is 1. The third-order valence-electron chi connectivity index (χ3n) is 4.21. The molecule has 0 radical (unpaired) electrons. The molecular formula is C16H16FNO2. The van der Waals surface area contributed by atoms with Crippen molar-refractivity contribution in [1.82, 2.24) is 4.98 Å². The zero-order valence-electron chi connectivity index (χ0n) is 11.5. The lowest BCUT2D eigenvalue weighted by atomic mass is 9.91. The molecule has 0 unspecified atom stereocenters. The van der Waals surface area contributed by atoms with Crippen LogP contribution in [0.2, 0.25) is 0 Å². The molecule has 2 aromatic rings. The first-order valence-electron chi connectivity index (χ1n) is 6.46. The van der Waals surface area contributed by atoms with Gasteiger partial charge in [0, 0.05) is 16.4 Å². The van der Waals surface area contributed by atoms with E-state index in [-0.39, 0.29) is 5.56 Å². The fourth-order valence-corrected chi connectivity index (χ4v) is 2.58. The monoisotopic (exact) mass is 273 g/mol. The fourth-order valence-electron chi connectivity index (χ4n) is 2.58. The van der Waals surface area contributed by atoms with Gasteiger partial charge in [-0.2, -0.15) is 0 Å². The number of rotatable bonds is 3. The van der Waals surface area contributed by atoms with Crippen LogP contribution in [-0.4, -0.2) is 17.2 Å². The Hall–Kier alpha value is -1.94. The highest BCUT2D eigenvalue weighted by molar-refractivity contribution is 5.84. The molecule has 1 aliphatic rings. The van der Waals surface area contributed by atoms with Crippen LogP contribution in [0.4, 0.5) is 4.39 Å². The van der Waals surface area contributed by atoms with Gasteiger partial charge < -0.3 is 9.84 Å². The molecule has 20 heavy (non-hydrogen) atoms. The zero-order valence-corrected chi connectivity index (χ0v) is 11.5. The SMILES string of the molecule is C=C1C[C@]1(C)[C@H](O)c1c(F)cnc2ccc(OC)cc12. The highest BCUT2D eigenvalue weighted by Gasteiger charge is 2.50. The molecular weight excluding hydrogens is 257 g/mol. The maximum atomic E-state index is 14.2. The van der Waals surface area contributed by atoms with Crippen molar-refractivity contribution in [2.24, 2.45) is 5.41 Å². The molecule has 1 aromatic heterocycles. The molecule has 4 heteroatoms. The van der Waals surface area contributed by atoms with Gasteiger partial charge in [-0.15, -0.1) is 0 Å². The Kier molecular flexibility index (Phi) is 2.80. The van der Waals surface area contributed by atoms with E-state index in [0.29, 0.717) is 23.1 Å². The first-order valence-corrected chi connectivity index (χ1v) is 6.46. The minimum absolute atomic E-state index is 0.273. The molecule has 0 spiro atoms. The number of hydrogen-bond acceptors (Lipinski definition) is 3. The van der Waals surface area contributed by atoms with Crippen LogP contribution in [0.25, 0.3) is 10.9 Å². The molecule has 1 saturated carbocycles. The van der Waals surface area contributed by atoms with Crippen LogP contribution in [0.5, 0.6) is 5.75 Å². The van der Waals surface area contributed by atoms with E-state index in [0.717, 1.165) is 11.8 Å². The second kappa shape index (κ2) is 4.28. The maximum Gasteiger partial charge on any atom is 0.147 e. The van der Waals surface area contributed by atoms with Crippen molar-refractivity contribution >= 4 is 10.9 Å². The predicted molar refractivity (Wildman–Crippen MR) is 75.1 cm³/mol. The highest BCUT2D eigenvalue weighted by atomic mass is 19.1. The number of halogens is 1. The standard InChI is InChI=1S/C16H16FNO2/c1-9-7-16(9,2)15(19)14-11-6-10(20-3)4-5-13(11)18-8-12(14)17/h4-6,8,15,19H,1,7H2,2-3H3/t15-,16+/m1/s1. The molecule has 1 aromatic carbocycles. The molecule has 2 atom stereocenters. The lowest BCUT2D eigenvalue weighted by Gasteiger charge is -2.20. The second-order valence-electron chi connectivity index (χ2n) is 5.50. The number of benzene rings is 1. The molecule has 3 rings (SSSR count). The summed E-state index contributed by atoms with van der Waals surface area (Å²) in [4.78, 5) is 4.06. The van der Waals surface area contributed by atoms with E-state index < -0.39 is 17.3 Å². The van der Waals surface area contributed by atoms with Crippen LogP contribution in [0.1, 0.15) is 25.0 Å². The average Bonchev–Trinajstić information content (AvgIpc) is 3.06. The van der Waals surface area contributed by atoms with Gasteiger partial charge in [-0.05, 0) is 24.6 Å². The first kappa shape index (κ1) is 13.1. The topological polar surface area (TPSA) is 42.4 Å². The zero-order chi connectivity index (χ0) is 14.5. The van der Waals surface area contributed by atoms with Crippen molar-refractivity contribution in [2.75, 3.05) is 7.11 Å². The lowest BCUT2D eigenvalue weighted by Crippen LogP contribution is -2.13. The van der Waals surface area contributed by atoms with Crippen LogP contribution in [0, 0.1) is 11.2 Å². The summed E-state index contributed by atoms with van der Waals surface area (Å²) in [5.41, 5.74) is 1.40. The fraction of sp³-hybridized carbons (Fsp3) is 0.312. The molecule has 0 saturated heterocycles. The molecule has 1 fully saturated rings. The van der Waals surface area contributed by atoms with Crippen molar-refractivity contribution in [1.29, 1.82) is 0 Å². The Morgan fingerprint density at radius 1 is 1.50 bits per heavy atom. The van der Waals surface area contributed by atoms with E-state index in [1.807, 2.05) is 6.92 Å². The van der Waals surface area contributed by atoms with Crippen LogP contribution in [0.3, 0.4) is 0 Å². The van der Waals surface area contributed by atoms with Gasteiger partial charge in [-0.25, -0.2) is 4.39 Å². The van der Waals surface area contributed by atoms with Crippen molar-refractivity contribution in [3.8, 4) is 5.75 Å². The van der Waals surface area contributed by atoms with Gasteiger partial charge >= 0.3 is 0 Å². The molecule has 0 aliphatic heterocycles. The van der Waals surface area contributed by atoms with Gasteiger partial charge in [0.2, 0.25) is 0 Å². The van der Waals surface area contributed by atoms with Crippen LogP contribution >= 0.6 is 0 Å². The number of aliphatic hydroxyl groups is 1. The Morgan fingerprint density at radius 3 is 2.80 bits per heavy atom. The summed E-state index contributed by atoms with van der Waals surface area (Å²) in [7, 11) is 1.55. The van der Waals surface area contributed by atoms with Gasteiger partial charge in [-0.3, -0.25) is 4.98 Å². The van der Waals surface area contributed by atoms with E-state index in [9.17, 15) is 9.50 Å². The largest absolute Gasteiger partial charge is 0.497 e. The van der Waals surface area contributed by atoms with E-state index in [1.54, 1.807) is 25.3 Å². The first-order chi connectivity index (χ1) is 9.47. The summed E-state index contributed by atoms with van der Waals surface area (Å²) in [6.45, 7) is 5.78. The van der Waals surface area contributed by atoms with Crippen LogP contribution < -0.4 is 4.74 Å². The normalized spacial score (nSPS) is 22.9. The molecule has 1 N–H and O–H groups in total. The summed E-state index contributed by atoms with van der Waals surface area (Å²) in [5, 5.41) is 11.1. The number of nitrogens with zero attached hydrogens (tertiary/aromatic N) is 1. The molecule has 3 nitrogen and oxygen atoms in total. The Morgan fingerprint density at radius 2 is 2.20 bits per heavy atom. The van der Waals surface area contributed by atoms with Crippen molar-refractivity contribution in [2.45, 2.75) is 19.4 Å². The average molecular weight is 273 g/mol. The summed E-state index contributed by atoms with van der Waals surface area (Å²) < 4.78 is 19.4. The van der Waals surface area contributed by atoms with Crippen LogP contribution in [0.15, 0.2) is 36.5 Å². The molecule has 104 valence electrons. The van der Waals surface area contributed by atoms with E-state index >= 15 is 0 Å². The van der Waals surface area contributed by atoms with E-state index in [2.05, 4.69) is 11.6 Å². The van der Waals surface area contributed by atoms with Gasteiger partial charge in [-0.1, -0.05) is 19.1 Å². The third kappa shape index (κ3) is 1.79. The molecule has 0 bridgehead atoms. The van der Waals surface area contributed by atoms with Crippen LogP contribution in [-0.2, 0) is 0 Å². The predicted octanol–water partition coefficient (Wildman–Crippen LogP) is 3.38. The lowest BCUT2D eigenvalue weighted by molar-refractivity contribution is 0.109. The minimum Gasteiger partial charge on any atom is -0.497 e. The quantitative estimate of drug-likeness (QED) is 0.872.